The zero-order valence-corrected chi connectivity index (χ0v) is 15.4. The molecule has 2 aliphatic heterocycles. The van der Waals surface area contributed by atoms with Crippen LogP contribution >= 0.6 is 0 Å². The first-order valence-corrected chi connectivity index (χ1v) is 9.66. The number of amides is 1. The van der Waals surface area contributed by atoms with E-state index in [2.05, 4.69) is 57.0 Å². The predicted octanol–water partition coefficient (Wildman–Crippen LogP) is 2.84. The molecule has 136 valence electrons. The van der Waals surface area contributed by atoms with E-state index in [0.29, 0.717) is 5.91 Å². The highest BCUT2D eigenvalue weighted by molar-refractivity contribution is 5.79. The highest BCUT2D eigenvalue weighted by atomic mass is 16.2. The van der Waals surface area contributed by atoms with Crippen molar-refractivity contribution in [1.82, 2.24) is 14.9 Å². The summed E-state index contributed by atoms with van der Waals surface area (Å²) >= 11 is 0. The first-order valence-electron chi connectivity index (χ1n) is 9.66. The molecule has 26 heavy (non-hydrogen) atoms. The van der Waals surface area contributed by atoms with Crippen molar-refractivity contribution >= 4 is 11.7 Å². The Morgan fingerprint density at radius 1 is 1.12 bits per heavy atom. The van der Waals surface area contributed by atoms with E-state index in [1.807, 2.05) is 0 Å². The lowest BCUT2D eigenvalue weighted by molar-refractivity contribution is -0.137. The van der Waals surface area contributed by atoms with Crippen molar-refractivity contribution in [3.8, 4) is 0 Å². The lowest BCUT2D eigenvalue weighted by Crippen LogP contribution is -2.44. The van der Waals surface area contributed by atoms with Crippen LogP contribution < -0.4 is 4.90 Å². The van der Waals surface area contributed by atoms with E-state index in [1.165, 1.54) is 11.1 Å². The topological polar surface area (TPSA) is 49.3 Å². The Labute approximate surface area is 155 Å². The van der Waals surface area contributed by atoms with Crippen molar-refractivity contribution in [1.29, 1.82) is 0 Å². The van der Waals surface area contributed by atoms with E-state index in [9.17, 15) is 4.79 Å². The van der Waals surface area contributed by atoms with Gasteiger partial charge in [-0.25, -0.2) is 9.97 Å². The summed E-state index contributed by atoms with van der Waals surface area (Å²) in [6.07, 6.45) is 5.35. The zero-order chi connectivity index (χ0) is 17.9. The maximum atomic E-state index is 13.0. The Kier molecular flexibility index (Phi) is 4.87. The summed E-state index contributed by atoms with van der Waals surface area (Å²) in [5, 5.41) is 0. The lowest BCUT2D eigenvalue weighted by atomic mass is 9.93. The third-order valence-electron chi connectivity index (χ3n) is 5.68. The van der Waals surface area contributed by atoms with E-state index in [1.54, 1.807) is 6.33 Å². The minimum absolute atomic E-state index is 0.143. The van der Waals surface area contributed by atoms with Crippen LogP contribution in [0.25, 0.3) is 0 Å². The van der Waals surface area contributed by atoms with Crippen LogP contribution in [0, 0.1) is 5.92 Å². The molecule has 0 N–H and O–H groups in total. The van der Waals surface area contributed by atoms with Gasteiger partial charge in [0.15, 0.2) is 0 Å². The van der Waals surface area contributed by atoms with E-state index in [0.717, 1.165) is 63.4 Å². The average Bonchev–Trinajstić information content (AvgIpc) is 2.73. The fraction of sp³-hybridized carbons (Fsp3) is 0.476. The Morgan fingerprint density at radius 3 is 2.65 bits per heavy atom. The first-order chi connectivity index (χ1) is 12.7. The van der Waals surface area contributed by atoms with Gasteiger partial charge in [-0.3, -0.25) is 4.79 Å². The third-order valence-corrected chi connectivity index (χ3v) is 5.68. The van der Waals surface area contributed by atoms with Crippen molar-refractivity contribution in [2.45, 2.75) is 39.2 Å². The Hall–Kier alpha value is -2.43. The number of fused-ring (bicyclic) bond motifs is 1. The van der Waals surface area contributed by atoms with Crippen LogP contribution in [-0.4, -0.2) is 40.4 Å². The summed E-state index contributed by atoms with van der Waals surface area (Å²) in [6.45, 7) is 5.50. The van der Waals surface area contributed by atoms with Crippen molar-refractivity contribution in [3.05, 3.63) is 53.5 Å². The predicted molar refractivity (Wildman–Crippen MR) is 102 cm³/mol. The minimum Gasteiger partial charge on any atom is -0.356 e. The molecule has 4 rings (SSSR count). The standard InChI is InChI=1S/C21H26N4O/c1-2-19-13-20(23-15-22-19)24-10-8-17(9-11-24)21(26)25-12-7-16-5-3-4-6-18(16)14-25/h3-6,13,15,17H,2,7-12,14H2,1H3. The van der Waals surface area contributed by atoms with Gasteiger partial charge in [0.05, 0.1) is 0 Å². The second-order valence-electron chi connectivity index (χ2n) is 7.26. The Balaban J connectivity index is 1.37. The molecule has 1 aromatic heterocycles. The van der Waals surface area contributed by atoms with Crippen LogP contribution in [0.15, 0.2) is 36.7 Å². The average molecular weight is 350 g/mol. The molecule has 0 aliphatic carbocycles. The van der Waals surface area contributed by atoms with Crippen LogP contribution in [0.2, 0.25) is 0 Å². The van der Waals surface area contributed by atoms with Gasteiger partial charge in [0.25, 0.3) is 0 Å². The lowest BCUT2D eigenvalue weighted by Gasteiger charge is -2.36. The molecule has 0 radical (unpaired) electrons. The number of hydrogen-bond donors (Lipinski definition) is 0. The number of carbonyl (C=O) groups excluding carboxylic acids is 1. The first kappa shape index (κ1) is 17.0. The molecule has 0 atom stereocenters. The molecule has 0 saturated carbocycles. The number of carbonyl (C=O) groups is 1. The van der Waals surface area contributed by atoms with E-state index in [4.69, 9.17) is 0 Å². The molecule has 2 aromatic rings. The second kappa shape index (κ2) is 7.44. The van der Waals surface area contributed by atoms with Crippen molar-refractivity contribution in [2.24, 2.45) is 5.92 Å². The van der Waals surface area contributed by atoms with Gasteiger partial charge in [-0.1, -0.05) is 31.2 Å². The molecule has 1 fully saturated rings. The third kappa shape index (κ3) is 3.43. The number of aromatic nitrogens is 2. The molecule has 5 nitrogen and oxygen atoms in total. The summed E-state index contributed by atoms with van der Waals surface area (Å²) in [4.78, 5) is 26.0. The summed E-state index contributed by atoms with van der Waals surface area (Å²) in [5.41, 5.74) is 3.76. The largest absolute Gasteiger partial charge is 0.356 e. The van der Waals surface area contributed by atoms with Crippen LogP contribution in [0.3, 0.4) is 0 Å². The van der Waals surface area contributed by atoms with Gasteiger partial charge < -0.3 is 9.80 Å². The van der Waals surface area contributed by atoms with Crippen molar-refractivity contribution < 1.29 is 4.79 Å². The van der Waals surface area contributed by atoms with E-state index in [-0.39, 0.29) is 5.92 Å². The normalized spacial score (nSPS) is 17.9. The maximum Gasteiger partial charge on any atom is 0.226 e. The molecule has 5 heteroatoms. The number of rotatable bonds is 3. The van der Waals surface area contributed by atoms with Crippen molar-refractivity contribution in [2.75, 3.05) is 24.5 Å². The summed E-state index contributed by atoms with van der Waals surface area (Å²) in [7, 11) is 0. The highest BCUT2D eigenvalue weighted by Gasteiger charge is 2.30. The zero-order valence-electron chi connectivity index (χ0n) is 15.4. The molecule has 1 amide bonds. The number of anilines is 1. The molecule has 1 saturated heterocycles. The number of aryl methyl sites for hydroxylation is 1. The molecule has 2 aliphatic rings. The van der Waals surface area contributed by atoms with Crippen LogP contribution in [0.4, 0.5) is 5.82 Å². The second-order valence-corrected chi connectivity index (χ2v) is 7.26. The fourth-order valence-electron chi connectivity index (χ4n) is 4.05. The van der Waals surface area contributed by atoms with Gasteiger partial charge in [0, 0.05) is 43.9 Å². The van der Waals surface area contributed by atoms with E-state index < -0.39 is 0 Å². The molecule has 3 heterocycles. The van der Waals surface area contributed by atoms with Crippen LogP contribution in [-0.2, 0) is 24.2 Å². The van der Waals surface area contributed by atoms with Gasteiger partial charge in [-0.15, -0.1) is 0 Å². The summed E-state index contributed by atoms with van der Waals surface area (Å²) in [5.74, 6) is 1.47. The van der Waals surface area contributed by atoms with Gasteiger partial charge in [-0.2, -0.15) is 0 Å². The van der Waals surface area contributed by atoms with Gasteiger partial charge in [0.2, 0.25) is 5.91 Å². The molecule has 1 aromatic carbocycles. The molecular formula is C21H26N4O. The smallest absolute Gasteiger partial charge is 0.226 e. The van der Waals surface area contributed by atoms with Crippen LogP contribution in [0.1, 0.15) is 36.6 Å². The Morgan fingerprint density at radius 2 is 1.88 bits per heavy atom. The SMILES string of the molecule is CCc1cc(N2CCC(C(=O)N3CCc4ccccc4C3)CC2)ncn1. The number of hydrogen-bond acceptors (Lipinski definition) is 4. The highest BCUT2D eigenvalue weighted by Crippen LogP contribution is 2.26. The number of nitrogens with zero attached hydrogens (tertiary/aromatic N) is 4. The number of benzene rings is 1. The van der Waals surface area contributed by atoms with Gasteiger partial charge in [-0.05, 0) is 36.8 Å². The number of piperidine rings is 1. The monoisotopic (exact) mass is 350 g/mol. The molecular weight excluding hydrogens is 324 g/mol. The quantitative estimate of drug-likeness (QED) is 0.854. The maximum absolute atomic E-state index is 13.0. The van der Waals surface area contributed by atoms with Crippen molar-refractivity contribution in [3.63, 3.8) is 0 Å². The fourth-order valence-corrected chi connectivity index (χ4v) is 4.05. The summed E-state index contributed by atoms with van der Waals surface area (Å²) < 4.78 is 0. The van der Waals surface area contributed by atoms with Gasteiger partial charge >= 0.3 is 0 Å². The minimum atomic E-state index is 0.143. The Bertz CT molecular complexity index is 783. The molecule has 0 bridgehead atoms. The molecule has 0 unspecified atom stereocenters. The van der Waals surface area contributed by atoms with Crippen LogP contribution in [0.5, 0.6) is 0 Å². The van der Waals surface area contributed by atoms with E-state index >= 15 is 0 Å². The molecule has 0 spiro atoms. The summed E-state index contributed by atoms with van der Waals surface area (Å²) in [6, 6.07) is 10.6. The van der Waals surface area contributed by atoms with Gasteiger partial charge in [0.1, 0.15) is 12.1 Å².